The highest BCUT2D eigenvalue weighted by Gasteiger charge is 2.29. The van der Waals surface area contributed by atoms with Crippen molar-refractivity contribution in [3.05, 3.63) is 29.8 Å². The summed E-state index contributed by atoms with van der Waals surface area (Å²) in [5.74, 6) is 0.826. The zero-order chi connectivity index (χ0) is 21.7. The van der Waals surface area contributed by atoms with Crippen molar-refractivity contribution in [3.8, 4) is 0 Å². The smallest absolute Gasteiger partial charge is 0.410 e. The summed E-state index contributed by atoms with van der Waals surface area (Å²) in [6, 6.07) is 8.92. The van der Waals surface area contributed by atoms with Crippen molar-refractivity contribution in [3.63, 3.8) is 0 Å². The summed E-state index contributed by atoms with van der Waals surface area (Å²) in [4.78, 5) is 16.8. The molecule has 2 aliphatic heterocycles. The van der Waals surface area contributed by atoms with Crippen LogP contribution in [0.4, 0.5) is 10.5 Å². The summed E-state index contributed by atoms with van der Waals surface area (Å²) in [7, 11) is 3.43. The molecule has 2 saturated heterocycles. The van der Waals surface area contributed by atoms with Crippen LogP contribution in [0.15, 0.2) is 24.3 Å². The lowest BCUT2D eigenvalue weighted by Crippen LogP contribution is -2.42. The number of carbonyl (C=O) groups is 1. The van der Waals surface area contributed by atoms with Crippen LogP contribution in [0.1, 0.15) is 57.9 Å². The van der Waals surface area contributed by atoms with Gasteiger partial charge in [-0.25, -0.2) is 4.79 Å². The number of ether oxygens (including phenoxy) is 3. The molecule has 3 rings (SSSR count). The summed E-state index contributed by atoms with van der Waals surface area (Å²) in [5.41, 5.74) is 2.12. The minimum absolute atomic E-state index is 0.103. The molecule has 0 saturated carbocycles. The lowest BCUT2D eigenvalue weighted by Gasteiger charge is -2.36. The minimum atomic E-state index is -0.453. The first kappa shape index (κ1) is 22.9. The van der Waals surface area contributed by atoms with Gasteiger partial charge in [-0.05, 0) is 64.2 Å². The van der Waals surface area contributed by atoms with E-state index in [1.807, 2.05) is 25.7 Å². The van der Waals surface area contributed by atoms with E-state index in [-0.39, 0.29) is 12.4 Å². The Morgan fingerprint density at radius 3 is 2.20 bits per heavy atom. The van der Waals surface area contributed by atoms with E-state index in [1.165, 1.54) is 11.3 Å². The Bertz CT molecular complexity index is 673. The van der Waals surface area contributed by atoms with Gasteiger partial charge in [0.1, 0.15) is 5.60 Å². The summed E-state index contributed by atoms with van der Waals surface area (Å²) < 4.78 is 16.4. The zero-order valence-corrected chi connectivity index (χ0v) is 19.2. The molecule has 0 aliphatic carbocycles. The summed E-state index contributed by atoms with van der Waals surface area (Å²) in [5, 5.41) is 0. The van der Waals surface area contributed by atoms with Crippen LogP contribution in [0.2, 0.25) is 0 Å². The fourth-order valence-electron chi connectivity index (χ4n) is 4.61. The van der Waals surface area contributed by atoms with Crippen LogP contribution in [-0.4, -0.2) is 63.3 Å². The molecule has 1 aromatic rings. The SMILES string of the molecule is COC(OC)C1CCN(c2ccc([C@H]3CCCN(C(=O)OC(C)(C)C)C3)cc2)CC1. The average Bonchev–Trinajstić information content (AvgIpc) is 2.74. The first-order chi connectivity index (χ1) is 14.3. The lowest BCUT2D eigenvalue weighted by molar-refractivity contribution is -0.141. The molecule has 1 amide bonds. The summed E-state index contributed by atoms with van der Waals surface area (Å²) in [6.45, 7) is 9.29. The van der Waals surface area contributed by atoms with Crippen LogP contribution >= 0.6 is 0 Å². The molecule has 2 heterocycles. The first-order valence-electron chi connectivity index (χ1n) is 11.2. The Morgan fingerprint density at radius 1 is 1.00 bits per heavy atom. The van der Waals surface area contributed by atoms with Gasteiger partial charge >= 0.3 is 6.09 Å². The van der Waals surface area contributed by atoms with Crippen molar-refractivity contribution in [2.24, 2.45) is 5.92 Å². The van der Waals surface area contributed by atoms with E-state index in [2.05, 4.69) is 29.2 Å². The molecule has 6 nitrogen and oxygen atoms in total. The Hall–Kier alpha value is -1.79. The molecule has 0 bridgehead atoms. The number of hydrogen-bond donors (Lipinski definition) is 0. The van der Waals surface area contributed by atoms with Gasteiger partial charge in [0, 0.05) is 57.9 Å². The molecule has 0 spiro atoms. The van der Waals surface area contributed by atoms with Gasteiger partial charge in [-0.1, -0.05) is 12.1 Å². The van der Waals surface area contributed by atoms with Crippen LogP contribution in [-0.2, 0) is 14.2 Å². The van der Waals surface area contributed by atoms with E-state index in [4.69, 9.17) is 14.2 Å². The molecule has 168 valence electrons. The fraction of sp³-hybridized carbons (Fsp3) is 0.708. The van der Waals surface area contributed by atoms with Crippen molar-refractivity contribution in [1.82, 2.24) is 4.90 Å². The molecular formula is C24H38N2O4. The van der Waals surface area contributed by atoms with Gasteiger partial charge in [-0.2, -0.15) is 0 Å². The third-order valence-electron chi connectivity index (χ3n) is 6.19. The van der Waals surface area contributed by atoms with Gasteiger partial charge in [-0.15, -0.1) is 0 Å². The van der Waals surface area contributed by atoms with Crippen molar-refractivity contribution < 1.29 is 19.0 Å². The largest absolute Gasteiger partial charge is 0.444 e. The molecule has 0 N–H and O–H groups in total. The highest BCUT2D eigenvalue weighted by atomic mass is 16.7. The zero-order valence-electron chi connectivity index (χ0n) is 19.2. The van der Waals surface area contributed by atoms with E-state index >= 15 is 0 Å². The number of likely N-dealkylation sites (tertiary alicyclic amines) is 1. The Labute approximate surface area is 181 Å². The van der Waals surface area contributed by atoms with E-state index in [1.54, 1.807) is 14.2 Å². The van der Waals surface area contributed by atoms with Crippen molar-refractivity contribution in [1.29, 1.82) is 0 Å². The van der Waals surface area contributed by atoms with Crippen LogP contribution < -0.4 is 4.90 Å². The van der Waals surface area contributed by atoms with E-state index < -0.39 is 5.60 Å². The Balaban J connectivity index is 1.56. The molecule has 0 radical (unpaired) electrons. The van der Waals surface area contributed by atoms with Crippen molar-refractivity contribution >= 4 is 11.8 Å². The van der Waals surface area contributed by atoms with Crippen LogP contribution in [0.5, 0.6) is 0 Å². The quantitative estimate of drug-likeness (QED) is 0.652. The van der Waals surface area contributed by atoms with E-state index in [0.717, 1.165) is 51.9 Å². The van der Waals surface area contributed by atoms with E-state index in [0.29, 0.717) is 11.8 Å². The maximum absolute atomic E-state index is 12.4. The van der Waals surface area contributed by atoms with Crippen molar-refractivity contribution in [2.45, 2.75) is 64.3 Å². The second-order valence-corrected chi connectivity index (χ2v) is 9.52. The predicted molar refractivity (Wildman–Crippen MR) is 119 cm³/mol. The normalized spacial score (nSPS) is 21.2. The summed E-state index contributed by atoms with van der Waals surface area (Å²) >= 11 is 0. The molecular weight excluding hydrogens is 380 g/mol. The Morgan fingerprint density at radius 2 is 1.63 bits per heavy atom. The van der Waals surface area contributed by atoms with Crippen LogP contribution in [0.3, 0.4) is 0 Å². The van der Waals surface area contributed by atoms with E-state index in [9.17, 15) is 4.79 Å². The maximum Gasteiger partial charge on any atom is 0.410 e. The first-order valence-corrected chi connectivity index (χ1v) is 11.2. The second kappa shape index (κ2) is 10.0. The number of rotatable bonds is 5. The third kappa shape index (κ3) is 5.88. The lowest BCUT2D eigenvalue weighted by atomic mass is 9.90. The maximum atomic E-state index is 12.4. The van der Waals surface area contributed by atoms with Gasteiger partial charge in [0.25, 0.3) is 0 Å². The van der Waals surface area contributed by atoms with Crippen molar-refractivity contribution in [2.75, 3.05) is 45.3 Å². The molecule has 2 aliphatic rings. The molecule has 2 fully saturated rings. The molecule has 30 heavy (non-hydrogen) atoms. The van der Waals surface area contributed by atoms with Gasteiger partial charge in [0.15, 0.2) is 6.29 Å². The number of carbonyl (C=O) groups excluding carboxylic acids is 1. The van der Waals surface area contributed by atoms with Gasteiger partial charge < -0.3 is 24.0 Å². The van der Waals surface area contributed by atoms with Crippen LogP contribution in [0.25, 0.3) is 0 Å². The number of methoxy groups -OCH3 is 2. The molecule has 6 heteroatoms. The highest BCUT2D eigenvalue weighted by molar-refractivity contribution is 5.68. The number of piperidine rings is 2. The third-order valence-corrected chi connectivity index (χ3v) is 6.19. The van der Waals surface area contributed by atoms with Gasteiger partial charge in [0.2, 0.25) is 0 Å². The molecule has 0 unspecified atom stereocenters. The van der Waals surface area contributed by atoms with Gasteiger partial charge in [-0.3, -0.25) is 0 Å². The summed E-state index contributed by atoms with van der Waals surface area (Å²) in [6.07, 6.45) is 3.97. The fourth-order valence-corrected chi connectivity index (χ4v) is 4.61. The molecule has 0 aromatic heterocycles. The molecule has 1 aromatic carbocycles. The van der Waals surface area contributed by atoms with Gasteiger partial charge in [0.05, 0.1) is 0 Å². The number of anilines is 1. The molecule has 1 atom stereocenters. The monoisotopic (exact) mass is 418 g/mol. The number of nitrogens with zero attached hydrogens (tertiary/aromatic N) is 2. The average molecular weight is 419 g/mol. The second-order valence-electron chi connectivity index (χ2n) is 9.52. The Kier molecular flexibility index (Phi) is 7.64. The predicted octanol–water partition coefficient (Wildman–Crippen LogP) is 4.64. The highest BCUT2D eigenvalue weighted by Crippen LogP contribution is 2.31. The standard InChI is InChI=1S/C24H38N2O4/c1-24(2,3)30-23(27)26-14-6-7-20(17-26)18-8-10-21(11-9-18)25-15-12-19(13-16-25)22(28-4)29-5/h8-11,19-20,22H,6-7,12-17H2,1-5H3/t20-/m0/s1. The topological polar surface area (TPSA) is 51.2 Å². The number of benzene rings is 1. The minimum Gasteiger partial charge on any atom is -0.444 e. The number of amides is 1. The number of hydrogen-bond acceptors (Lipinski definition) is 5. The van der Waals surface area contributed by atoms with Crippen LogP contribution in [0, 0.1) is 5.92 Å².